The van der Waals surface area contributed by atoms with E-state index >= 15 is 0 Å². The summed E-state index contributed by atoms with van der Waals surface area (Å²) < 4.78 is 13.4. The summed E-state index contributed by atoms with van der Waals surface area (Å²) >= 11 is 0. The SMILES string of the molecule is CCc1ccnc(-n2c3ccccc3c3ccc(Oc4cccc(-n5[c-][n+](-c6c(-c7ccccc7)cccc6-c6ccccc6)c6ccc(-c7ccccc7)cc65)c4)cc32)c1. The van der Waals surface area contributed by atoms with Gasteiger partial charge in [-0.25, -0.2) is 4.98 Å². The molecule has 0 unspecified atom stereocenters. The van der Waals surface area contributed by atoms with Crippen LogP contribution in [0.5, 0.6) is 11.5 Å². The van der Waals surface area contributed by atoms with Crippen molar-refractivity contribution in [2.45, 2.75) is 13.3 Å². The number of imidazole rings is 1. The number of benzene rings is 8. The number of fused-ring (bicyclic) bond motifs is 4. The maximum atomic E-state index is 6.76. The Morgan fingerprint density at radius 1 is 0.508 bits per heavy atom. The molecule has 0 aliphatic heterocycles. The largest absolute Gasteiger partial charge is 0.458 e. The first-order valence-corrected chi connectivity index (χ1v) is 20.8. The second-order valence-corrected chi connectivity index (χ2v) is 15.3. The molecule has 0 fully saturated rings. The summed E-state index contributed by atoms with van der Waals surface area (Å²) in [6, 6.07) is 72.5. The zero-order valence-corrected chi connectivity index (χ0v) is 33.6. The Kier molecular flexibility index (Phi) is 9.05. The van der Waals surface area contributed by atoms with E-state index in [1.54, 1.807) is 0 Å². The molecule has 0 saturated heterocycles. The van der Waals surface area contributed by atoms with Crippen molar-refractivity contribution in [2.75, 3.05) is 0 Å². The lowest BCUT2D eigenvalue weighted by molar-refractivity contribution is -0.571. The second-order valence-electron chi connectivity index (χ2n) is 15.3. The maximum absolute atomic E-state index is 6.76. The lowest BCUT2D eigenvalue weighted by atomic mass is 9.95. The Hall–Kier alpha value is -8.02. The highest BCUT2D eigenvalue weighted by Gasteiger charge is 2.21. The zero-order chi connectivity index (χ0) is 40.7. The number of hydrogen-bond acceptors (Lipinski definition) is 2. The van der Waals surface area contributed by atoms with Gasteiger partial charge in [0.1, 0.15) is 17.3 Å². The van der Waals surface area contributed by atoms with Gasteiger partial charge in [-0.2, -0.15) is 0 Å². The fraction of sp³-hybridized carbons (Fsp3) is 0.0357. The van der Waals surface area contributed by atoms with Crippen molar-refractivity contribution in [1.29, 1.82) is 0 Å². The molecular weight excluding hydrogens is 745 g/mol. The predicted molar refractivity (Wildman–Crippen MR) is 248 cm³/mol. The first-order valence-electron chi connectivity index (χ1n) is 20.8. The number of nitrogens with zero attached hydrogens (tertiary/aromatic N) is 4. The van der Waals surface area contributed by atoms with Crippen molar-refractivity contribution in [3.05, 3.63) is 224 Å². The molecule has 290 valence electrons. The third kappa shape index (κ3) is 6.53. The number of para-hydroxylation sites is 2. The average molecular weight is 785 g/mol. The van der Waals surface area contributed by atoms with Crippen molar-refractivity contribution in [1.82, 2.24) is 14.1 Å². The average Bonchev–Trinajstić information content (AvgIpc) is 3.87. The van der Waals surface area contributed by atoms with Gasteiger partial charge in [-0.3, -0.25) is 13.7 Å². The van der Waals surface area contributed by atoms with Crippen molar-refractivity contribution in [2.24, 2.45) is 0 Å². The number of rotatable bonds is 9. The quantitative estimate of drug-likeness (QED) is 0.108. The molecule has 0 radical (unpaired) electrons. The minimum absolute atomic E-state index is 0.723. The molecular formula is C56H40N4O. The monoisotopic (exact) mass is 784 g/mol. The van der Waals surface area contributed by atoms with Gasteiger partial charge in [-0.15, -0.1) is 0 Å². The highest BCUT2D eigenvalue weighted by molar-refractivity contribution is 6.09. The molecule has 61 heavy (non-hydrogen) atoms. The van der Waals surface area contributed by atoms with Gasteiger partial charge in [0.15, 0.2) is 0 Å². The van der Waals surface area contributed by atoms with Gasteiger partial charge >= 0.3 is 0 Å². The molecule has 0 amide bonds. The van der Waals surface area contributed by atoms with Crippen LogP contribution in [0.3, 0.4) is 0 Å². The van der Waals surface area contributed by atoms with Gasteiger partial charge < -0.3 is 4.74 Å². The highest BCUT2D eigenvalue weighted by Crippen LogP contribution is 2.37. The second kappa shape index (κ2) is 15.3. The third-order valence-electron chi connectivity index (χ3n) is 11.6. The van der Waals surface area contributed by atoms with E-state index in [0.29, 0.717) is 0 Å². The molecule has 0 spiro atoms. The van der Waals surface area contributed by atoms with Crippen LogP contribution in [-0.4, -0.2) is 14.1 Å². The van der Waals surface area contributed by atoms with Crippen LogP contribution in [0.1, 0.15) is 12.5 Å². The summed E-state index contributed by atoms with van der Waals surface area (Å²) in [4.78, 5) is 4.82. The summed E-state index contributed by atoms with van der Waals surface area (Å²) in [7, 11) is 0. The van der Waals surface area contributed by atoms with Crippen molar-refractivity contribution >= 4 is 32.8 Å². The van der Waals surface area contributed by atoms with Crippen LogP contribution in [0.15, 0.2) is 212 Å². The third-order valence-corrected chi connectivity index (χ3v) is 11.6. The number of hydrogen-bond donors (Lipinski definition) is 0. The van der Waals surface area contributed by atoms with Crippen molar-refractivity contribution < 1.29 is 9.30 Å². The lowest BCUT2D eigenvalue weighted by Gasteiger charge is -2.17. The molecule has 3 heterocycles. The summed E-state index contributed by atoms with van der Waals surface area (Å²) in [5.74, 6) is 2.36. The standard InChI is InChI=1S/C56H40N4O/c1-2-39-32-33-57-55(34-39)60-51-27-13-12-24-49(51)50-30-29-46(37-53(50)60)61-45-23-14-22-44(36-45)58-38-59(52-31-28-43(35-54(52)58)40-16-6-3-7-17-40)56-47(41-18-8-4-9-19-41)25-15-26-48(56)42-20-10-5-11-21-42/h3-37H,2H2,1H3. The number of ether oxygens (including phenoxy) is 1. The van der Waals surface area contributed by atoms with Crippen LogP contribution in [0.4, 0.5) is 0 Å². The smallest absolute Gasteiger partial charge is 0.269 e. The zero-order valence-electron chi connectivity index (χ0n) is 33.6. The molecule has 5 nitrogen and oxygen atoms in total. The molecule has 11 rings (SSSR count). The molecule has 0 aliphatic carbocycles. The predicted octanol–water partition coefficient (Wildman–Crippen LogP) is 13.6. The molecule has 0 aliphatic rings. The fourth-order valence-corrected chi connectivity index (χ4v) is 8.65. The Morgan fingerprint density at radius 3 is 1.90 bits per heavy atom. The minimum Gasteiger partial charge on any atom is -0.458 e. The van der Waals surface area contributed by atoms with Crippen molar-refractivity contribution in [3.8, 4) is 62.1 Å². The van der Waals surface area contributed by atoms with Crippen LogP contribution >= 0.6 is 0 Å². The first-order chi connectivity index (χ1) is 30.2. The van der Waals surface area contributed by atoms with Crippen molar-refractivity contribution in [3.63, 3.8) is 0 Å². The van der Waals surface area contributed by atoms with E-state index in [1.165, 1.54) is 10.9 Å². The molecule has 3 aromatic heterocycles. The van der Waals surface area contributed by atoms with E-state index in [9.17, 15) is 0 Å². The van der Waals surface area contributed by atoms with E-state index in [1.807, 2.05) is 12.3 Å². The van der Waals surface area contributed by atoms with Crippen LogP contribution < -0.4 is 9.30 Å². The van der Waals surface area contributed by atoms with E-state index in [0.717, 1.165) is 95.9 Å². The topological polar surface area (TPSA) is 35.9 Å². The van der Waals surface area contributed by atoms with E-state index in [4.69, 9.17) is 9.72 Å². The minimum atomic E-state index is 0.723. The molecule has 8 aromatic carbocycles. The molecule has 0 atom stereocenters. The number of aromatic nitrogens is 4. The summed E-state index contributed by atoms with van der Waals surface area (Å²) in [5.41, 5.74) is 14.2. The van der Waals surface area contributed by atoms with Gasteiger partial charge in [0.2, 0.25) is 0 Å². The molecule has 0 bridgehead atoms. The Bertz CT molecular complexity index is 3310. The van der Waals surface area contributed by atoms with Gasteiger partial charge in [0.05, 0.1) is 33.4 Å². The van der Waals surface area contributed by atoms with Gasteiger partial charge in [-0.1, -0.05) is 153 Å². The Labute approximate surface area is 354 Å². The maximum Gasteiger partial charge on any atom is 0.269 e. The Morgan fingerprint density at radius 2 is 1.16 bits per heavy atom. The van der Waals surface area contributed by atoms with Crippen LogP contribution in [0.25, 0.3) is 83.4 Å². The molecule has 5 heteroatoms. The first kappa shape index (κ1) is 36.1. The van der Waals surface area contributed by atoms with Gasteiger partial charge in [0, 0.05) is 23.0 Å². The number of aryl methyl sites for hydroxylation is 1. The summed E-state index contributed by atoms with van der Waals surface area (Å²) in [6.07, 6.45) is 6.69. The van der Waals surface area contributed by atoms with E-state index < -0.39 is 0 Å². The fourth-order valence-electron chi connectivity index (χ4n) is 8.65. The lowest BCUT2D eigenvalue weighted by Crippen LogP contribution is -2.31. The molecule has 0 saturated carbocycles. The van der Waals surface area contributed by atoms with E-state index in [-0.39, 0.29) is 0 Å². The van der Waals surface area contributed by atoms with Gasteiger partial charge in [0.25, 0.3) is 6.33 Å². The van der Waals surface area contributed by atoms with Crippen LogP contribution in [-0.2, 0) is 6.42 Å². The molecule has 0 N–H and O–H groups in total. The molecule has 11 aromatic rings. The number of pyridine rings is 1. The van der Waals surface area contributed by atoms with E-state index in [2.05, 4.69) is 227 Å². The van der Waals surface area contributed by atoms with Crippen LogP contribution in [0.2, 0.25) is 0 Å². The Balaban J connectivity index is 1.07. The normalized spacial score (nSPS) is 11.4. The summed E-state index contributed by atoms with van der Waals surface area (Å²) in [6.45, 7) is 2.17. The van der Waals surface area contributed by atoms with Crippen LogP contribution in [0, 0.1) is 6.33 Å². The summed E-state index contributed by atoms with van der Waals surface area (Å²) in [5, 5.41) is 2.33. The van der Waals surface area contributed by atoms with Gasteiger partial charge in [-0.05, 0) is 100.0 Å². The highest BCUT2D eigenvalue weighted by atomic mass is 16.5.